The molecule has 0 amide bonds. The average Bonchev–Trinajstić information content (AvgIpc) is 2.59. The minimum atomic E-state index is -0.180. The van der Waals surface area contributed by atoms with Crippen molar-refractivity contribution in [3.63, 3.8) is 0 Å². The second-order valence-corrected chi connectivity index (χ2v) is 6.06. The molecule has 1 unspecified atom stereocenters. The summed E-state index contributed by atoms with van der Waals surface area (Å²) in [5.74, 6) is 0.619. The van der Waals surface area contributed by atoms with E-state index < -0.39 is 0 Å². The largest absolute Gasteiger partial charge is 0.497 e. The molecule has 0 fully saturated rings. The zero-order chi connectivity index (χ0) is 15.8. The molecule has 116 valence electrons. The highest BCUT2D eigenvalue weighted by Gasteiger charge is 2.19. The van der Waals surface area contributed by atoms with Crippen molar-refractivity contribution in [1.82, 2.24) is 0 Å². The second-order valence-electron chi connectivity index (χ2n) is 4.78. The van der Waals surface area contributed by atoms with Crippen molar-refractivity contribution in [3.8, 4) is 5.75 Å². The van der Waals surface area contributed by atoms with Crippen LogP contribution in [0.5, 0.6) is 5.75 Å². The molecule has 0 aliphatic heterocycles. The molecule has 0 N–H and O–H groups in total. The van der Waals surface area contributed by atoms with E-state index >= 15 is 0 Å². The van der Waals surface area contributed by atoms with E-state index in [2.05, 4.69) is 0 Å². The molecule has 0 aliphatic carbocycles. The van der Waals surface area contributed by atoms with Crippen LogP contribution in [0.3, 0.4) is 0 Å². The van der Waals surface area contributed by atoms with Gasteiger partial charge in [-0.05, 0) is 36.2 Å². The summed E-state index contributed by atoms with van der Waals surface area (Å²) >= 11 is 1.54. The lowest BCUT2D eigenvalue weighted by Gasteiger charge is -2.14. The molecule has 0 aromatic heterocycles. The van der Waals surface area contributed by atoms with Crippen LogP contribution in [0.2, 0.25) is 0 Å². The number of methoxy groups -OCH3 is 1. The van der Waals surface area contributed by atoms with Crippen molar-refractivity contribution in [2.75, 3.05) is 7.11 Å². The van der Waals surface area contributed by atoms with Gasteiger partial charge in [-0.3, -0.25) is 4.79 Å². The van der Waals surface area contributed by atoms with Crippen LogP contribution in [0, 0.1) is 0 Å². The Labute approximate surface area is 135 Å². The van der Waals surface area contributed by atoms with Crippen LogP contribution in [-0.4, -0.2) is 18.3 Å². The maximum absolute atomic E-state index is 12.2. The highest BCUT2D eigenvalue weighted by molar-refractivity contribution is 8.00. The average molecular weight is 316 g/mol. The maximum atomic E-state index is 12.2. The highest BCUT2D eigenvalue weighted by atomic mass is 32.2. The van der Waals surface area contributed by atoms with Gasteiger partial charge in [-0.2, -0.15) is 0 Å². The van der Waals surface area contributed by atoms with E-state index in [0.29, 0.717) is 0 Å². The fourth-order valence-corrected chi connectivity index (χ4v) is 2.90. The number of rotatable bonds is 7. The van der Waals surface area contributed by atoms with Crippen molar-refractivity contribution in [2.45, 2.75) is 30.1 Å². The maximum Gasteiger partial charge on any atom is 0.319 e. The SMILES string of the molecule is CCC(Sc1ccccc1)C(=O)OCc1ccc(OC)cc1. The summed E-state index contributed by atoms with van der Waals surface area (Å²) in [5, 5.41) is -0.180. The van der Waals surface area contributed by atoms with Gasteiger partial charge in [0.2, 0.25) is 0 Å². The van der Waals surface area contributed by atoms with E-state index in [0.717, 1.165) is 22.6 Å². The summed E-state index contributed by atoms with van der Waals surface area (Å²) in [6, 6.07) is 17.4. The Bertz CT molecular complexity index is 581. The fraction of sp³-hybridized carbons (Fsp3) is 0.278. The summed E-state index contributed by atoms with van der Waals surface area (Å²) < 4.78 is 10.5. The van der Waals surface area contributed by atoms with Gasteiger partial charge in [-0.25, -0.2) is 0 Å². The van der Waals surface area contributed by atoms with Gasteiger partial charge in [-0.1, -0.05) is 37.3 Å². The summed E-state index contributed by atoms with van der Waals surface area (Å²) in [5.41, 5.74) is 0.953. The summed E-state index contributed by atoms with van der Waals surface area (Å²) in [6.07, 6.45) is 0.737. The van der Waals surface area contributed by atoms with Gasteiger partial charge in [-0.15, -0.1) is 11.8 Å². The Hall–Kier alpha value is -1.94. The first-order valence-corrected chi connectivity index (χ1v) is 8.12. The topological polar surface area (TPSA) is 35.5 Å². The zero-order valence-electron chi connectivity index (χ0n) is 12.8. The van der Waals surface area contributed by atoms with E-state index in [1.807, 2.05) is 61.5 Å². The van der Waals surface area contributed by atoms with Gasteiger partial charge in [0, 0.05) is 4.90 Å². The lowest BCUT2D eigenvalue weighted by atomic mass is 10.2. The molecule has 1 atom stereocenters. The number of ether oxygens (including phenoxy) is 2. The third-order valence-corrected chi connectivity index (χ3v) is 4.55. The Morgan fingerprint density at radius 2 is 1.77 bits per heavy atom. The van der Waals surface area contributed by atoms with Gasteiger partial charge in [0.25, 0.3) is 0 Å². The quantitative estimate of drug-likeness (QED) is 0.563. The molecule has 22 heavy (non-hydrogen) atoms. The third kappa shape index (κ3) is 4.81. The van der Waals surface area contributed by atoms with E-state index in [-0.39, 0.29) is 17.8 Å². The molecule has 2 aromatic rings. The Morgan fingerprint density at radius 3 is 2.36 bits per heavy atom. The van der Waals surface area contributed by atoms with Crippen LogP contribution in [0.4, 0.5) is 0 Å². The van der Waals surface area contributed by atoms with Crippen molar-refractivity contribution < 1.29 is 14.3 Å². The molecule has 4 heteroatoms. The number of esters is 1. The van der Waals surface area contributed by atoms with E-state index in [1.54, 1.807) is 18.9 Å². The molecule has 2 rings (SSSR count). The van der Waals surface area contributed by atoms with Gasteiger partial charge in [0.1, 0.15) is 17.6 Å². The molecule has 0 bridgehead atoms. The summed E-state index contributed by atoms with van der Waals surface area (Å²) in [7, 11) is 1.63. The highest BCUT2D eigenvalue weighted by Crippen LogP contribution is 2.26. The number of benzene rings is 2. The van der Waals surface area contributed by atoms with Crippen molar-refractivity contribution >= 4 is 17.7 Å². The summed E-state index contributed by atoms with van der Waals surface area (Å²) in [4.78, 5) is 13.3. The standard InChI is InChI=1S/C18H20O3S/c1-3-17(22-16-7-5-4-6-8-16)18(19)21-13-14-9-11-15(20-2)12-10-14/h4-12,17H,3,13H2,1-2H3. The van der Waals surface area contributed by atoms with E-state index in [4.69, 9.17) is 9.47 Å². The molecule has 0 heterocycles. The number of carbonyl (C=O) groups is 1. The van der Waals surface area contributed by atoms with Crippen LogP contribution in [-0.2, 0) is 16.1 Å². The van der Waals surface area contributed by atoms with Crippen LogP contribution in [0.1, 0.15) is 18.9 Å². The zero-order valence-corrected chi connectivity index (χ0v) is 13.6. The smallest absolute Gasteiger partial charge is 0.319 e. The van der Waals surface area contributed by atoms with Gasteiger partial charge in [0.05, 0.1) is 7.11 Å². The van der Waals surface area contributed by atoms with Crippen LogP contribution >= 0.6 is 11.8 Å². The predicted octanol–water partition coefficient (Wildman–Crippen LogP) is 4.31. The molecule has 3 nitrogen and oxygen atoms in total. The molecule has 2 aromatic carbocycles. The Kier molecular flexibility index (Phi) is 6.34. The third-order valence-electron chi connectivity index (χ3n) is 3.20. The number of thioether (sulfide) groups is 1. The fourth-order valence-electron chi connectivity index (χ4n) is 1.93. The van der Waals surface area contributed by atoms with E-state index in [9.17, 15) is 4.79 Å². The molecule has 0 saturated carbocycles. The predicted molar refractivity (Wildman–Crippen MR) is 89.2 cm³/mol. The van der Waals surface area contributed by atoms with E-state index in [1.165, 1.54) is 0 Å². The second kappa shape index (κ2) is 8.49. The lowest BCUT2D eigenvalue weighted by Crippen LogP contribution is -2.19. The first-order valence-electron chi connectivity index (χ1n) is 7.24. The molecular weight excluding hydrogens is 296 g/mol. The normalized spacial score (nSPS) is 11.7. The van der Waals surface area contributed by atoms with Crippen molar-refractivity contribution in [3.05, 3.63) is 60.2 Å². The van der Waals surface area contributed by atoms with Crippen LogP contribution < -0.4 is 4.74 Å². The monoisotopic (exact) mass is 316 g/mol. The Balaban J connectivity index is 1.88. The van der Waals surface area contributed by atoms with Gasteiger partial charge in [0.15, 0.2) is 0 Å². The number of hydrogen-bond acceptors (Lipinski definition) is 4. The molecule has 0 spiro atoms. The first-order chi connectivity index (χ1) is 10.7. The Morgan fingerprint density at radius 1 is 1.09 bits per heavy atom. The molecule has 0 saturated heterocycles. The minimum absolute atomic E-state index is 0.174. The van der Waals surface area contributed by atoms with Crippen LogP contribution in [0.15, 0.2) is 59.5 Å². The number of carbonyl (C=O) groups excluding carboxylic acids is 1. The minimum Gasteiger partial charge on any atom is -0.497 e. The molecule has 0 radical (unpaired) electrons. The van der Waals surface area contributed by atoms with Gasteiger partial charge < -0.3 is 9.47 Å². The molecular formula is C18H20O3S. The van der Waals surface area contributed by atoms with Crippen molar-refractivity contribution in [2.24, 2.45) is 0 Å². The summed E-state index contributed by atoms with van der Waals surface area (Å²) in [6.45, 7) is 2.28. The van der Waals surface area contributed by atoms with Gasteiger partial charge >= 0.3 is 5.97 Å². The first kappa shape index (κ1) is 16.4. The number of hydrogen-bond donors (Lipinski definition) is 0. The van der Waals surface area contributed by atoms with Crippen LogP contribution in [0.25, 0.3) is 0 Å². The lowest BCUT2D eigenvalue weighted by molar-refractivity contribution is -0.144. The molecule has 0 aliphatic rings. The van der Waals surface area contributed by atoms with Crippen molar-refractivity contribution in [1.29, 1.82) is 0 Å².